The Morgan fingerprint density at radius 3 is 2.67 bits per heavy atom. The van der Waals surface area contributed by atoms with Crippen LogP contribution in [0.4, 0.5) is 0 Å². The van der Waals surface area contributed by atoms with E-state index in [9.17, 15) is 0 Å². The summed E-state index contributed by atoms with van der Waals surface area (Å²) in [6, 6.07) is 10.1. The van der Waals surface area contributed by atoms with Gasteiger partial charge in [-0.15, -0.1) is 0 Å². The van der Waals surface area contributed by atoms with Crippen LogP contribution >= 0.6 is 0 Å². The quantitative estimate of drug-likeness (QED) is 0.602. The number of hydrogen-bond donors (Lipinski definition) is 0. The maximum absolute atomic E-state index is 5.19. The molecule has 0 bridgehead atoms. The molecule has 0 aliphatic carbocycles. The minimum Gasteiger partial charge on any atom is -0.565 e. The van der Waals surface area contributed by atoms with Gasteiger partial charge in [-0.2, -0.15) is 0 Å². The third-order valence-electron chi connectivity index (χ3n) is 2.65. The molecule has 93 valence electrons. The van der Waals surface area contributed by atoms with Crippen molar-refractivity contribution in [1.82, 2.24) is 9.55 Å². The summed E-state index contributed by atoms with van der Waals surface area (Å²) in [6.45, 7) is 0. The van der Waals surface area contributed by atoms with Gasteiger partial charge in [-0.3, -0.25) is 4.98 Å². The average molecular weight is 415 g/mol. The summed E-state index contributed by atoms with van der Waals surface area (Å²) < 4.78 is 7.10. The molecule has 2 aromatic heterocycles. The largest absolute Gasteiger partial charge is 0.565 e. The van der Waals surface area contributed by atoms with Crippen molar-refractivity contribution in [2.75, 3.05) is 0 Å². The van der Waals surface area contributed by atoms with Gasteiger partial charge in [-0.1, -0.05) is 47.0 Å². The Hall–Kier alpha value is -1.64. The average Bonchev–Trinajstić information content (AvgIpc) is 2.98. The van der Waals surface area contributed by atoms with Crippen molar-refractivity contribution in [2.45, 2.75) is 0 Å². The molecule has 0 unspecified atom stereocenters. The summed E-state index contributed by atoms with van der Waals surface area (Å²) in [7, 11) is 1.94. The maximum atomic E-state index is 5.19. The van der Waals surface area contributed by atoms with Gasteiger partial charge in [0.05, 0.1) is 6.33 Å². The van der Waals surface area contributed by atoms with Crippen molar-refractivity contribution in [3.05, 3.63) is 55.4 Å². The Morgan fingerprint density at radius 2 is 2.00 bits per heavy atom. The van der Waals surface area contributed by atoms with E-state index in [0.29, 0.717) is 0 Å². The zero-order chi connectivity index (χ0) is 11.7. The fourth-order valence-corrected chi connectivity index (χ4v) is 1.82. The van der Waals surface area contributed by atoms with Gasteiger partial charge in [0, 0.05) is 39.1 Å². The molecule has 3 aromatic rings. The van der Waals surface area contributed by atoms with Crippen molar-refractivity contribution in [3.63, 3.8) is 0 Å². The predicted octanol–water partition coefficient (Wildman–Crippen LogP) is 3.14. The molecule has 4 heteroatoms. The molecule has 3 nitrogen and oxygen atoms in total. The number of imidazole rings is 1. The van der Waals surface area contributed by atoms with Crippen LogP contribution in [0.5, 0.6) is 0 Å². The number of nitrogens with zero attached hydrogens (tertiary/aromatic N) is 2. The summed E-state index contributed by atoms with van der Waals surface area (Å²) in [5, 5.41) is 0. The van der Waals surface area contributed by atoms with E-state index in [1.807, 2.05) is 48.1 Å². The molecule has 18 heavy (non-hydrogen) atoms. The summed E-state index contributed by atoms with van der Waals surface area (Å²) in [5.41, 5.74) is 3.90. The molecule has 0 spiro atoms. The molecule has 1 radical (unpaired) electrons. The van der Waals surface area contributed by atoms with Gasteiger partial charge in [0.1, 0.15) is 0 Å². The summed E-state index contributed by atoms with van der Waals surface area (Å²) in [4.78, 5) is 4.32. The van der Waals surface area contributed by atoms with Crippen LogP contribution in [0.2, 0.25) is 0 Å². The topological polar surface area (TPSA) is 31.0 Å². The second-order valence-electron chi connectivity index (χ2n) is 3.92. The molecule has 3 rings (SSSR count). The smallest absolute Gasteiger partial charge is 0.0835 e. The van der Waals surface area contributed by atoms with Crippen LogP contribution in [0.1, 0.15) is 0 Å². The Balaban J connectivity index is 0.00000120. The van der Waals surface area contributed by atoms with E-state index >= 15 is 0 Å². The Kier molecular flexibility index (Phi) is 3.80. The number of rotatable bonds is 2. The van der Waals surface area contributed by atoms with Gasteiger partial charge in [0.2, 0.25) is 0 Å². The van der Waals surface area contributed by atoms with Crippen molar-refractivity contribution in [3.8, 4) is 22.4 Å². The van der Waals surface area contributed by atoms with Crippen LogP contribution in [-0.4, -0.2) is 9.55 Å². The molecule has 0 aliphatic rings. The first kappa shape index (κ1) is 12.8. The standard InChI is InChI=1S/C14H11N2O.Ir/c1-16-7-14(15-10-16)13-9-17-8-12(13)11-5-3-2-4-6-11;/h2-8,10H,1H3;/q-1;. The fraction of sp³-hybridized carbons (Fsp3) is 0.0714. The van der Waals surface area contributed by atoms with Crippen molar-refractivity contribution in [1.29, 1.82) is 0 Å². The van der Waals surface area contributed by atoms with Crippen LogP contribution in [0, 0.1) is 6.26 Å². The third kappa shape index (κ3) is 2.30. The normalized spacial score (nSPS) is 10.1. The van der Waals surface area contributed by atoms with Gasteiger partial charge in [-0.05, 0) is 12.5 Å². The number of aromatic nitrogens is 2. The number of furan rings is 1. The van der Waals surface area contributed by atoms with E-state index in [2.05, 4.69) is 11.2 Å². The summed E-state index contributed by atoms with van der Waals surface area (Å²) >= 11 is 0. The summed E-state index contributed by atoms with van der Waals surface area (Å²) in [5.74, 6) is 0. The first-order valence-corrected chi connectivity index (χ1v) is 5.37. The molecule has 0 atom stereocenters. The molecular weight excluding hydrogens is 404 g/mol. The monoisotopic (exact) mass is 416 g/mol. The van der Waals surface area contributed by atoms with Crippen LogP contribution in [0.25, 0.3) is 22.4 Å². The minimum atomic E-state index is 0. The zero-order valence-electron chi connectivity index (χ0n) is 9.75. The molecule has 0 saturated heterocycles. The molecule has 0 aliphatic heterocycles. The van der Waals surface area contributed by atoms with Gasteiger partial charge < -0.3 is 8.98 Å². The van der Waals surface area contributed by atoms with E-state index in [-0.39, 0.29) is 20.1 Å². The zero-order valence-corrected chi connectivity index (χ0v) is 12.1. The van der Waals surface area contributed by atoms with Crippen molar-refractivity contribution < 1.29 is 24.5 Å². The van der Waals surface area contributed by atoms with Gasteiger partial charge in [-0.25, -0.2) is 0 Å². The van der Waals surface area contributed by atoms with Crippen LogP contribution < -0.4 is 0 Å². The van der Waals surface area contributed by atoms with Gasteiger partial charge >= 0.3 is 0 Å². The Labute approximate surface area is 119 Å². The van der Waals surface area contributed by atoms with E-state index in [0.717, 1.165) is 22.4 Å². The second-order valence-corrected chi connectivity index (χ2v) is 3.92. The molecule has 0 fully saturated rings. The van der Waals surface area contributed by atoms with Gasteiger partial charge in [0.15, 0.2) is 0 Å². The van der Waals surface area contributed by atoms with E-state index in [1.165, 1.54) is 0 Å². The van der Waals surface area contributed by atoms with Gasteiger partial charge in [0.25, 0.3) is 0 Å². The number of hydrogen-bond acceptors (Lipinski definition) is 2. The maximum Gasteiger partial charge on any atom is 0.0835 e. The van der Waals surface area contributed by atoms with Crippen LogP contribution in [0.15, 0.2) is 53.5 Å². The van der Waals surface area contributed by atoms with Crippen LogP contribution in [-0.2, 0) is 27.2 Å². The molecule has 0 saturated carbocycles. The molecule has 0 N–H and O–H groups in total. The van der Waals surface area contributed by atoms with Crippen molar-refractivity contribution in [2.24, 2.45) is 7.05 Å². The first-order chi connectivity index (χ1) is 8.34. The minimum absolute atomic E-state index is 0. The predicted molar refractivity (Wildman–Crippen MR) is 65.2 cm³/mol. The molecule has 1 aromatic carbocycles. The molecular formula is C14H11IrN2O-. The van der Waals surface area contributed by atoms with Crippen molar-refractivity contribution >= 4 is 0 Å². The Bertz CT molecular complexity index is 628. The number of benzene rings is 1. The Morgan fingerprint density at radius 1 is 1.22 bits per heavy atom. The molecule has 2 heterocycles. The molecule has 0 amide bonds. The number of aryl methyl sites for hydroxylation is 1. The fourth-order valence-electron chi connectivity index (χ4n) is 1.82. The van der Waals surface area contributed by atoms with E-state index < -0.39 is 0 Å². The van der Waals surface area contributed by atoms with E-state index in [1.54, 1.807) is 12.6 Å². The van der Waals surface area contributed by atoms with E-state index in [4.69, 9.17) is 4.42 Å². The third-order valence-corrected chi connectivity index (χ3v) is 2.65. The SMILES string of the molecule is Cn1cnc(-c2[c-]occ2-c2ccccc2)c1.[Ir]. The second kappa shape index (κ2) is 5.34. The first-order valence-electron chi connectivity index (χ1n) is 5.37. The summed E-state index contributed by atoms with van der Waals surface area (Å²) in [6.07, 6.45) is 8.31. The van der Waals surface area contributed by atoms with Crippen LogP contribution in [0.3, 0.4) is 0 Å².